The van der Waals surface area contributed by atoms with Gasteiger partial charge in [-0.25, -0.2) is 4.39 Å². The lowest BCUT2D eigenvalue weighted by Gasteiger charge is -2.12. The summed E-state index contributed by atoms with van der Waals surface area (Å²) in [6.07, 6.45) is 0. The van der Waals surface area contributed by atoms with Crippen molar-refractivity contribution in [2.75, 3.05) is 95.0 Å². The highest BCUT2D eigenvalue weighted by molar-refractivity contribution is 5.94. The maximum absolute atomic E-state index is 13.7. The first-order valence-electron chi connectivity index (χ1n) is 17.3. The number of benzene rings is 3. The molecule has 0 bridgehead atoms. The van der Waals surface area contributed by atoms with Gasteiger partial charge in [0.25, 0.3) is 11.8 Å². The van der Waals surface area contributed by atoms with Crippen LogP contribution in [0.15, 0.2) is 84.0 Å². The van der Waals surface area contributed by atoms with E-state index in [2.05, 4.69) is 51.6 Å². The number of hydrogen-bond donors (Lipinski definition) is 5. The molecule has 1 heterocycles. The molecular formula is C36H44FN11O6. The second kappa shape index (κ2) is 24.4. The first-order valence-corrected chi connectivity index (χ1v) is 17.3. The summed E-state index contributed by atoms with van der Waals surface area (Å²) < 4.78 is 35.6. The lowest BCUT2D eigenvalue weighted by atomic mass is 10.2. The smallest absolute Gasteiger partial charge is 0.251 e. The van der Waals surface area contributed by atoms with E-state index in [0.29, 0.717) is 94.9 Å². The molecule has 4 rings (SSSR count). The Balaban J connectivity index is 1.20. The third-order valence-electron chi connectivity index (χ3n) is 7.15. The Hall–Kier alpha value is -5.91. The SMILES string of the molecule is [N-]=[N+]=NCCOCCOCCNC(=O)c1ccc(Nc2nc(NCCOCCOCCNC(=O)c3ccccc3)nc(NCc3cccc(F)c3)n2)cc1. The molecule has 0 unspecified atom stereocenters. The third-order valence-corrected chi connectivity index (χ3v) is 7.15. The van der Waals surface area contributed by atoms with Gasteiger partial charge in [-0.15, -0.1) is 0 Å². The summed E-state index contributed by atoms with van der Waals surface area (Å²) in [5, 5.41) is 18.4. The van der Waals surface area contributed by atoms with Gasteiger partial charge in [-0.05, 0) is 59.6 Å². The molecule has 0 fully saturated rings. The second-order valence-corrected chi connectivity index (χ2v) is 11.2. The number of aromatic nitrogens is 3. The number of halogens is 1. The molecular weight excluding hydrogens is 701 g/mol. The highest BCUT2D eigenvalue weighted by Crippen LogP contribution is 2.17. The van der Waals surface area contributed by atoms with Crippen molar-refractivity contribution >= 4 is 35.3 Å². The predicted octanol–water partition coefficient (Wildman–Crippen LogP) is 4.31. The van der Waals surface area contributed by atoms with Crippen LogP contribution in [0.5, 0.6) is 0 Å². The van der Waals surface area contributed by atoms with E-state index in [1.54, 1.807) is 48.5 Å². The van der Waals surface area contributed by atoms with Crippen molar-refractivity contribution in [3.05, 3.63) is 112 Å². The number of anilines is 4. The molecule has 0 saturated carbocycles. The number of amides is 2. The molecule has 286 valence electrons. The molecule has 0 spiro atoms. The van der Waals surface area contributed by atoms with Crippen LogP contribution >= 0.6 is 0 Å². The van der Waals surface area contributed by atoms with Gasteiger partial charge in [0.05, 0.1) is 52.9 Å². The van der Waals surface area contributed by atoms with Crippen LogP contribution in [-0.2, 0) is 25.5 Å². The Bertz CT molecular complexity index is 1770. The van der Waals surface area contributed by atoms with Crippen molar-refractivity contribution < 1.29 is 32.9 Å². The Kier molecular flexibility index (Phi) is 18.4. The monoisotopic (exact) mass is 745 g/mol. The van der Waals surface area contributed by atoms with E-state index in [1.165, 1.54) is 12.1 Å². The van der Waals surface area contributed by atoms with Gasteiger partial charge in [0.15, 0.2) is 0 Å². The first-order chi connectivity index (χ1) is 26.5. The lowest BCUT2D eigenvalue weighted by Crippen LogP contribution is -2.27. The standard InChI is InChI=1S/C36H44FN11O6/c37-30-8-4-5-27(25-30)26-42-35-45-34(41-15-19-53-22-21-51-17-13-39-32(49)28-6-2-1-3-7-28)46-36(47-35)44-31-11-9-29(10-12-31)33(50)40-14-18-52-23-24-54-20-16-43-48-38/h1-12,25H,13-24,26H2,(H,39,49)(H,40,50)(H3,41,42,44,45,46,47). The molecule has 54 heavy (non-hydrogen) atoms. The number of hydrogen-bond acceptors (Lipinski definition) is 13. The molecule has 1 aromatic heterocycles. The van der Waals surface area contributed by atoms with E-state index in [9.17, 15) is 14.0 Å². The average Bonchev–Trinajstić information content (AvgIpc) is 3.19. The van der Waals surface area contributed by atoms with E-state index >= 15 is 0 Å². The van der Waals surface area contributed by atoms with Crippen LogP contribution in [0.25, 0.3) is 10.4 Å². The molecule has 5 N–H and O–H groups in total. The van der Waals surface area contributed by atoms with Gasteiger partial charge in [-0.3, -0.25) is 9.59 Å². The van der Waals surface area contributed by atoms with Gasteiger partial charge in [0, 0.05) is 54.4 Å². The first kappa shape index (κ1) is 40.9. The molecule has 0 aliphatic heterocycles. The van der Waals surface area contributed by atoms with E-state index in [-0.39, 0.29) is 48.6 Å². The number of rotatable bonds is 26. The van der Waals surface area contributed by atoms with Gasteiger partial charge in [0.1, 0.15) is 5.82 Å². The van der Waals surface area contributed by atoms with Gasteiger partial charge < -0.3 is 45.5 Å². The van der Waals surface area contributed by atoms with Crippen molar-refractivity contribution in [1.82, 2.24) is 25.6 Å². The zero-order valence-corrected chi connectivity index (χ0v) is 29.7. The summed E-state index contributed by atoms with van der Waals surface area (Å²) in [6, 6.07) is 22.0. The Morgan fingerprint density at radius 1 is 0.648 bits per heavy atom. The number of nitrogens with zero attached hydrogens (tertiary/aromatic N) is 6. The minimum absolute atomic E-state index is 0.150. The molecule has 17 nitrogen and oxygen atoms in total. The summed E-state index contributed by atoms with van der Waals surface area (Å²) in [5.74, 6) is 0.0173. The van der Waals surface area contributed by atoms with Crippen molar-refractivity contribution in [3.63, 3.8) is 0 Å². The minimum Gasteiger partial charge on any atom is -0.379 e. The van der Waals surface area contributed by atoms with Gasteiger partial charge >= 0.3 is 0 Å². The highest BCUT2D eigenvalue weighted by Gasteiger charge is 2.10. The van der Waals surface area contributed by atoms with Crippen LogP contribution in [0.4, 0.5) is 27.9 Å². The van der Waals surface area contributed by atoms with E-state index in [1.807, 2.05) is 18.2 Å². The van der Waals surface area contributed by atoms with Crippen LogP contribution < -0.4 is 26.6 Å². The van der Waals surface area contributed by atoms with Crippen LogP contribution in [0.3, 0.4) is 0 Å². The summed E-state index contributed by atoms with van der Waals surface area (Å²) in [4.78, 5) is 40.7. The van der Waals surface area contributed by atoms with Gasteiger partial charge in [-0.1, -0.05) is 35.4 Å². The third kappa shape index (κ3) is 16.2. The summed E-state index contributed by atoms with van der Waals surface area (Å²) in [7, 11) is 0. The number of ether oxygens (including phenoxy) is 4. The van der Waals surface area contributed by atoms with Crippen LogP contribution in [-0.4, -0.2) is 106 Å². The van der Waals surface area contributed by atoms with Crippen LogP contribution in [0.2, 0.25) is 0 Å². The van der Waals surface area contributed by atoms with E-state index < -0.39 is 0 Å². The fourth-order valence-electron chi connectivity index (χ4n) is 4.55. The lowest BCUT2D eigenvalue weighted by molar-refractivity contribution is 0.0511. The zero-order valence-electron chi connectivity index (χ0n) is 29.7. The molecule has 3 aromatic carbocycles. The molecule has 18 heteroatoms. The minimum atomic E-state index is -0.345. The maximum atomic E-state index is 13.7. The molecule has 0 radical (unpaired) electrons. The van der Waals surface area contributed by atoms with Crippen molar-refractivity contribution in [3.8, 4) is 0 Å². The fourth-order valence-corrected chi connectivity index (χ4v) is 4.55. The van der Waals surface area contributed by atoms with Gasteiger partial charge in [-0.2, -0.15) is 15.0 Å². The Morgan fingerprint density at radius 3 is 1.85 bits per heavy atom. The Morgan fingerprint density at radius 2 is 1.22 bits per heavy atom. The van der Waals surface area contributed by atoms with Crippen molar-refractivity contribution in [2.45, 2.75) is 6.54 Å². The van der Waals surface area contributed by atoms with Crippen molar-refractivity contribution in [1.29, 1.82) is 0 Å². The normalized spacial score (nSPS) is 10.6. The summed E-state index contributed by atoms with van der Waals surface area (Å²) in [5.41, 5.74) is 10.6. The summed E-state index contributed by atoms with van der Waals surface area (Å²) >= 11 is 0. The maximum Gasteiger partial charge on any atom is 0.251 e. The van der Waals surface area contributed by atoms with E-state index in [4.69, 9.17) is 24.5 Å². The number of carbonyl (C=O) groups is 2. The van der Waals surface area contributed by atoms with Crippen molar-refractivity contribution in [2.24, 2.45) is 5.11 Å². The van der Waals surface area contributed by atoms with E-state index in [0.717, 1.165) is 0 Å². The Labute approximate surface area is 312 Å². The van der Waals surface area contributed by atoms with Crippen LogP contribution in [0, 0.1) is 5.82 Å². The zero-order chi connectivity index (χ0) is 38.1. The molecule has 0 atom stereocenters. The summed E-state index contributed by atoms with van der Waals surface area (Å²) in [6.45, 7) is 4.42. The largest absolute Gasteiger partial charge is 0.379 e. The number of nitrogens with one attached hydrogen (secondary N) is 5. The highest BCUT2D eigenvalue weighted by atomic mass is 19.1. The van der Waals surface area contributed by atoms with Crippen LogP contribution in [0.1, 0.15) is 26.3 Å². The van der Waals surface area contributed by atoms with Gasteiger partial charge in [0.2, 0.25) is 17.8 Å². The number of carbonyl (C=O) groups excluding carboxylic acids is 2. The second-order valence-electron chi connectivity index (χ2n) is 11.2. The quantitative estimate of drug-likeness (QED) is 0.0263. The topological polar surface area (TPSA) is 219 Å². The average molecular weight is 746 g/mol. The fraction of sp³-hybridized carbons (Fsp3) is 0.361. The molecule has 0 aliphatic rings. The molecule has 2 amide bonds. The molecule has 0 aliphatic carbocycles. The number of azide groups is 1. The molecule has 0 saturated heterocycles. The molecule has 4 aromatic rings. The predicted molar refractivity (Wildman–Crippen MR) is 200 cm³/mol.